The molecule has 0 atom stereocenters. The molecule has 0 unspecified atom stereocenters. The zero-order valence-electron chi connectivity index (χ0n) is 20.7. The molecular formula is C29H31NO6. The van der Waals surface area contributed by atoms with Crippen molar-refractivity contribution in [2.24, 2.45) is 0 Å². The minimum atomic E-state index is -2.44. The minimum Gasteiger partial charge on any atom is -0.475 e. The molecule has 36 heavy (non-hydrogen) atoms. The van der Waals surface area contributed by atoms with Gasteiger partial charge < -0.3 is 24.6 Å². The Morgan fingerprint density at radius 3 is 1.72 bits per heavy atom. The van der Waals surface area contributed by atoms with Crippen LogP contribution in [0.25, 0.3) is 0 Å². The van der Waals surface area contributed by atoms with Crippen molar-refractivity contribution < 1.29 is 29.3 Å². The molecule has 1 saturated heterocycles. The average molecular weight is 490 g/mol. The van der Waals surface area contributed by atoms with Gasteiger partial charge in [0.1, 0.15) is 11.5 Å². The number of carbonyl (C=O) groups is 2. The second-order valence-corrected chi connectivity index (χ2v) is 9.35. The number of hydrogen-bond acceptors (Lipinski definition) is 5. The summed E-state index contributed by atoms with van der Waals surface area (Å²) >= 11 is 0. The third-order valence-corrected chi connectivity index (χ3v) is 6.77. The molecule has 7 heteroatoms. The maximum Gasteiger partial charge on any atom is 0.393 e. The number of para-hydroxylation sites is 2. The molecule has 2 N–H and O–H groups in total. The monoisotopic (exact) mass is 489 g/mol. The number of piperidine rings is 1. The summed E-state index contributed by atoms with van der Waals surface area (Å²) < 4.78 is 12.2. The van der Waals surface area contributed by atoms with Crippen LogP contribution in [0.2, 0.25) is 0 Å². The Labute approximate surface area is 210 Å². The van der Waals surface area contributed by atoms with Crippen molar-refractivity contribution in [2.75, 3.05) is 13.1 Å². The largest absolute Gasteiger partial charge is 0.475 e. The number of nitrogens with zero attached hydrogens (tertiary/aromatic N) is 1. The Morgan fingerprint density at radius 2 is 1.28 bits per heavy atom. The number of carboxylic acids is 1. The average Bonchev–Trinajstić information content (AvgIpc) is 2.86. The standard InChI is InChI=1S/C29H31NO6/c1-20-12-14-23(15-13-20)26(31)30-18-16-28(34,17-19-30)29(27(32)33,35-24-10-6-4-8-21(24)2)36-25-11-7-5-9-22(25)3/h4-15,34H,16-19H2,1-3H3,(H,32,33). The van der Waals surface area contributed by atoms with Gasteiger partial charge in [0.15, 0.2) is 5.60 Å². The Bertz CT molecular complexity index is 1200. The Kier molecular flexibility index (Phi) is 7.04. The number of likely N-dealkylation sites (tertiary alicyclic amines) is 1. The number of amides is 1. The minimum absolute atomic E-state index is 0.0470. The van der Waals surface area contributed by atoms with Crippen LogP contribution in [0, 0.1) is 20.8 Å². The van der Waals surface area contributed by atoms with Gasteiger partial charge in [-0.05, 0) is 56.2 Å². The molecule has 188 valence electrons. The van der Waals surface area contributed by atoms with E-state index in [1.54, 1.807) is 67.3 Å². The number of carbonyl (C=O) groups excluding carboxylic acids is 1. The second-order valence-electron chi connectivity index (χ2n) is 9.35. The number of benzene rings is 3. The molecule has 0 aromatic heterocycles. The number of carboxylic acid groups (broad SMARTS) is 1. The quantitative estimate of drug-likeness (QED) is 0.474. The molecule has 1 fully saturated rings. The zero-order chi connectivity index (χ0) is 25.9. The van der Waals surface area contributed by atoms with Gasteiger partial charge >= 0.3 is 11.8 Å². The molecule has 1 amide bonds. The summed E-state index contributed by atoms with van der Waals surface area (Å²) in [4.78, 5) is 27.6. The number of hydrogen-bond donors (Lipinski definition) is 2. The van der Waals surface area contributed by atoms with Crippen molar-refractivity contribution in [3.63, 3.8) is 0 Å². The fraction of sp³-hybridized carbons (Fsp3) is 0.310. The Balaban J connectivity index is 1.68. The summed E-state index contributed by atoms with van der Waals surface area (Å²) in [6.07, 6.45) is -0.0939. The first-order chi connectivity index (χ1) is 17.1. The van der Waals surface area contributed by atoms with E-state index in [-0.39, 0.29) is 31.8 Å². The predicted octanol–water partition coefficient (Wildman–Crippen LogP) is 4.52. The number of aliphatic carboxylic acids is 1. The van der Waals surface area contributed by atoms with E-state index in [0.29, 0.717) is 28.2 Å². The molecule has 0 saturated carbocycles. The summed E-state index contributed by atoms with van der Waals surface area (Å²) in [6.45, 7) is 5.83. The fourth-order valence-corrected chi connectivity index (χ4v) is 4.44. The van der Waals surface area contributed by atoms with Crippen LogP contribution in [0.3, 0.4) is 0 Å². The van der Waals surface area contributed by atoms with E-state index in [0.717, 1.165) is 5.56 Å². The topological polar surface area (TPSA) is 96.3 Å². The van der Waals surface area contributed by atoms with Gasteiger partial charge in [0, 0.05) is 31.5 Å². The Morgan fingerprint density at radius 1 is 0.806 bits per heavy atom. The lowest BCUT2D eigenvalue weighted by atomic mass is 9.82. The molecule has 0 bridgehead atoms. The predicted molar refractivity (Wildman–Crippen MR) is 135 cm³/mol. The molecule has 3 aromatic carbocycles. The van der Waals surface area contributed by atoms with Crippen LogP contribution in [0.4, 0.5) is 0 Å². The summed E-state index contributed by atoms with van der Waals surface area (Å²) in [5.41, 5.74) is 1.07. The summed E-state index contributed by atoms with van der Waals surface area (Å²) in [5, 5.41) is 22.4. The molecule has 1 aliphatic rings. The van der Waals surface area contributed by atoms with Crippen LogP contribution in [-0.4, -0.2) is 51.5 Å². The van der Waals surface area contributed by atoms with Gasteiger partial charge in [0.05, 0.1) is 0 Å². The lowest BCUT2D eigenvalue weighted by Gasteiger charge is -2.47. The second kappa shape index (κ2) is 10.0. The van der Waals surface area contributed by atoms with Crippen LogP contribution in [-0.2, 0) is 4.79 Å². The molecule has 0 radical (unpaired) electrons. The zero-order valence-corrected chi connectivity index (χ0v) is 20.7. The van der Waals surface area contributed by atoms with Crippen LogP contribution in [0.15, 0.2) is 72.8 Å². The van der Waals surface area contributed by atoms with Gasteiger partial charge in [0.25, 0.3) is 5.91 Å². The molecule has 1 heterocycles. The van der Waals surface area contributed by atoms with Gasteiger partial charge in [-0.25, -0.2) is 4.79 Å². The SMILES string of the molecule is Cc1ccc(C(=O)N2CCC(O)(C(Oc3ccccc3C)(Oc3ccccc3C)C(=O)O)CC2)cc1. The third-order valence-electron chi connectivity index (χ3n) is 6.77. The molecule has 3 aromatic rings. The highest BCUT2D eigenvalue weighted by Gasteiger charge is 2.63. The normalized spacial score (nSPS) is 15.3. The summed E-state index contributed by atoms with van der Waals surface area (Å²) in [6, 6.07) is 21.3. The van der Waals surface area contributed by atoms with Crippen molar-refractivity contribution in [1.82, 2.24) is 4.90 Å². The van der Waals surface area contributed by atoms with E-state index >= 15 is 0 Å². The Hall–Kier alpha value is -3.84. The lowest BCUT2D eigenvalue weighted by Crippen LogP contribution is -2.69. The van der Waals surface area contributed by atoms with Crippen molar-refractivity contribution >= 4 is 11.9 Å². The van der Waals surface area contributed by atoms with E-state index in [9.17, 15) is 19.8 Å². The van der Waals surface area contributed by atoms with Crippen LogP contribution in [0.1, 0.15) is 39.9 Å². The number of rotatable bonds is 7. The highest BCUT2D eigenvalue weighted by molar-refractivity contribution is 5.94. The van der Waals surface area contributed by atoms with Gasteiger partial charge in [-0.1, -0.05) is 54.1 Å². The van der Waals surface area contributed by atoms with Crippen LogP contribution in [0.5, 0.6) is 11.5 Å². The first-order valence-corrected chi connectivity index (χ1v) is 12.0. The highest BCUT2D eigenvalue weighted by Crippen LogP contribution is 2.40. The van der Waals surface area contributed by atoms with E-state index in [1.807, 2.05) is 31.2 Å². The molecule has 1 aliphatic heterocycles. The summed E-state index contributed by atoms with van der Waals surface area (Å²) in [5.74, 6) is -3.47. The number of aryl methyl sites for hydroxylation is 3. The molecule has 0 spiro atoms. The maximum atomic E-state index is 13.0. The maximum absolute atomic E-state index is 13.0. The van der Waals surface area contributed by atoms with E-state index in [1.165, 1.54) is 0 Å². The molecule has 0 aliphatic carbocycles. The van der Waals surface area contributed by atoms with Crippen LogP contribution >= 0.6 is 0 Å². The van der Waals surface area contributed by atoms with Crippen molar-refractivity contribution in [3.05, 3.63) is 95.1 Å². The van der Waals surface area contributed by atoms with Gasteiger partial charge in [-0.2, -0.15) is 0 Å². The van der Waals surface area contributed by atoms with Crippen molar-refractivity contribution in [3.8, 4) is 11.5 Å². The van der Waals surface area contributed by atoms with Crippen LogP contribution < -0.4 is 9.47 Å². The van der Waals surface area contributed by atoms with Gasteiger partial charge in [-0.3, -0.25) is 4.79 Å². The van der Waals surface area contributed by atoms with E-state index in [2.05, 4.69) is 0 Å². The lowest BCUT2D eigenvalue weighted by molar-refractivity contribution is -0.255. The molecule has 7 nitrogen and oxygen atoms in total. The highest BCUT2D eigenvalue weighted by atomic mass is 16.7. The third kappa shape index (κ3) is 4.79. The summed E-state index contributed by atoms with van der Waals surface area (Å²) in [7, 11) is 0. The molecule has 4 rings (SSSR count). The first-order valence-electron chi connectivity index (χ1n) is 12.0. The number of ether oxygens (including phenoxy) is 2. The number of aliphatic hydroxyl groups is 1. The fourth-order valence-electron chi connectivity index (χ4n) is 4.44. The van der Waals surface area contributed by atoms with E-state index in [4.69, 9.17) is 9.47 Å². The first kappa shape index (κ1) is 25.3. The van der Waals surface area contributed by atoms with Crippen molar-refractivity contribution in [2.45, 2.75) is 45.0 Å². The molecular weight excluding hydrogens is 458 g/mol. The van der Waals surface area contributed by atoms with Gasteiger partial charge in [-0.15, -0.1) is 0 Å². The van der Waals surface area contributed by atoms with Gasteiger partial charge in [0.2, 0.25) is 0 Å². The van der Waals surface area contributed by atoms with E-state index < -0.39 is 17.4 Å². The van der Waals surface area contributed by atoms with Crippen molar-refractivity contribution in [1.29, 1.82) is 0 Å². The smallest absolute Gasteiger partial charge is 0.393 e.